The molecule has 0 aliphatic carbocycles. The van der Waals surface area contributed by atoms with Gasteiger partial charge in [0.05, 0.1) is 12.3 Å². The summed E-state index contributed by atoms with van der Waals surface area (Å²) in [7, 11) is 0. The zero-order chi connectivity index (χ0) is 13.3. The second-order valence-corrected chi connectivity index (χ2v) is 5.04. The van der Waals surface area contributed by atoms with Gasteiger partial charge in [-0.15, -0.1) is 0 Å². The summed E-state index contributed by atoms with van der Waals surface area (Å²) in [4.78, 5) is 8.32. The van der Waals surface area contributed by atoms with Gasteiger partial charge in [0, 0.05) is 18.1 Å². The molecular formula is C14H17N3OS. The van der Waals surface area contributed by atoms with Gasteiger partial charge in [0.2, 0.25) is 0 Å². The fraction of sp³-hybridized carbons (Fsp3) is 0.286. The summed E-state index contributed by atoms with van der Waals surface area (Å²) in [5.74, 6) is 1.76. The Balaban J connectivity index is 1.59. The number of rotatable bonds is 7. The van der Waals surface area contributed by atoms with Crippen molar-refractivity contribution in [2.75, 3.05) is 18.1 Å². The summed E-state index contributed by atoms with van der Waals surface area (Å²) in [6.45, 7) is 0.685. The van der Waals surface area contributed by atoms with E-state index >= 15 is 0 Å². The first-order valence-electron chi connectivity index (χ1n) is 6.23. The third-order valence-electron chi connectivity index (χ3n) is 2.49. The number of hydrogen-bond donors (Lipinski definition) is 1. The molecule has 0 atom stereocenters. The molecule has 0 saturated heterocycles. The first-order valence-corrected chi connectivity index (χ1v) is 7.22. The Kier molecular flexibility index (Phi) is 5.49. The van der Waals surface area contributed by atoms with Crippen molar-refractivity contribution in [3.8, 4) is 5.75 Å². The first kappa shape index (κ1) is 13.7. The average molecular weight is 275 g/mol. The van der Waals surface area contributed by atoms with Crippen LogP contribution in [0.5, 0.6) is 5.75 Å². The minimum Gasteiger partial charge on any atom is -0.491 e. The Morgan fingerprint density at radius 3 is 2.63 bits per heavy atom. The highest BCUT2D eigenvalue weighted by atomic mass is 32.2. The summed E-state index contributed by atoms with van der Waals surface area (Å²) in [5, 5.41) is 0.829. The van der Waals surface area contributed by atoms with Gasteiger partial charge in [0.1, 0.15) is 5.75 Å². The van der Waals surface area contributed by atoms with E-state index in [1.165, 1.54) is 0 Å². The van der Waals surface area contributed by atoms with E-state index in [1.54, 1.807) is 24.2 Å². The number of nitrogens with zero attached hydrogens (tertiary/aromatic N) is 2. The van der Waals surface area contributed by atoms with Crippen LogP contribution in [0.25, 0.3) is 0 Å². The van der Waals surface area contributed by atoms with E-state index in [-0.39, 0.29) is 0 Å². The topological polar surface area (TPSA) is 61.0 Å². The molecule has 0 fully saturated rings. The fourth-order valence-corrected chi connectivity index (χ4v) is 2.32. The summed E-state index contributed by atoms with van der Waals surface area (Å²) in [5.41, 5.74) is 6.48. The minimum absolute atomic E-state index is 0.685. The zero-order valence-electron chi connectivity index (χ0n) is 10.7. The lowest BCUT2D eigenvalue weighted by Gasteiger charge is -2.07. The molecule has 2 N–H and O–H groups in total. The van der Waals surface area contributed by atoms with Crippen LogP contribution in [0.1, 0.15) is 12.8 Å². The minimum atomic E-state index is 0.685. The summed E-state index contributed by atoms with van der Waals surface area (Å²) < 4.78 is 5.62. The normalized spacial score (nSPS) is 10.3. The lowest BCUT2D eigenvalue weighted by Crippen LogP contribution is -2.00. The predicted molar refractivity (Wildman–Crippen MR) is 78.3 cm³/mol. The molecule has 0 spiro atoms. The summed E-state index contributed by atoms with van der Waals surface area (Å²) in [6.07, 6.45) is 5.58. The standard InChI is InChI=1S/C14H17N3OS/c15-12-6-1-2-7-13(12)18-10-3-4-11-19-14-16-8-5-9-17-14/h1-2,5-9H,3-4,10-11,15H2. The van der Waals surface area contributed by atoms with Gasteiger partial charge < -0.3 is 10.5 Å². The van der Waals surface area contributed by atoms with Crippen LogP contribution in [0.4, 0.5) is 5.69 Å². The third kappa shape index (κ3) is 4.79. The number of unbranched alkanes of at least 4 members (excludes halogenated alkanes) is 1. The SMILES string of the molecule is Nc1ccccc1OCCCCSc1ncccn1. The molecule has 0 bridgehead atoms. The van der Waals surface area contributed by atoms with E-state index in [1.807, 2.05) is 30.3 Å². The van der Waals surface area contributed by atoms with Gasteiger partial charge in [-0.25, -0.2) is 9.97 Å². The van der Waals surface area contributed by atoms with E-state index in [0.717, 1.165) is 29.5 Å². The second kappa shape index (κ2) is 7.63. The Morgan fingerprint density at radius 2 is 1.84 bits per heavy atom. The maximum atomic E-state index is 5.79. The molecule has 1 heterocycles. The van der Waals surface area contributed by atoms with Crippen molar-refractivity contribution in [1.29, 1.82) is 0 Å². The van der Waals surface area contributed by atoms with E-state index in [2.05, 4.69) is 9.97 Å². The highest BCUT2D eigenvalue weighted by molar-refractivity contribution is 7.99. The van der Waals surface area contributed by atoms with Crippen molar-refractivity contribution in [2.45, 2.75) is 18.0 Å². The zero-order valence-corrected chi connectivity index (χ0v) is 11.5. The van der Waals surface area contributed by atoms with Crippen molar-refractivity contribution in [3.63, 3.8) is 0 Å². The van der Waals surface area contributed by atoms with Crippen LogP contribution in [0.2, 0.25) is 0 Å². The number of nitrogen functional groups attached to an aromatic ring is 1. The highest BCUT2D eigenvalue weighted by Gasteiger charge is 1.99. The number of ether oxygens (including phenoxy) is 1. The third-order valence-corrected chi connectivity index (χ3v) is 3.45. The van der Waals surface area contributed by atoms with Crippen LogP contribution >= 0.6 is 11.8 Å². The van der Waals surface area contributed by atoms with E-state index in [9.17, 15) is 0 Å². The van der Waals surface area contributed by atoms with Crippen LogP contribution in [-0.4, -0.2) is 22.3 Å². The molecule has 0 amide bonds. The van der Waals surface area contributed by atoms with Crippen LogP contribution in [0, 0.1) is 0 Å². The molecule has 0 aliphatic rings. The number of para-hydroxylation sites is 2. The number of aromatic nitrogens is 2. The van der Waals surface area contributed by atoms with Gasteiger partial charge in [-0.1, -0.05) is 23.9 Å². The molecule has 2 rings (SSSR count). The molecule has 4 nitrogen and oxygen atoms in total. The molecule has 0 aliphatic heterocycles. The van der Waals surface area contributed by atoms with Crippen LogP contribution < -0.4 is 10.5 Å². The Hall–Kier alpha value is -1.75. The van der Waals surface area contributed by atoms with Gasteiger partial charge in [0.15, 0.2) is 5.16 Å². The molecule has 0 unspecified atom stereocenters. The van der Waals surface area contributed by atoms with Gasteiger partial charge in [-0.2, -0.15) is 0 Å². The van der Waals surface area contributed by atoms with Crippen molar-refractivity contribution >= 4 is 17.4 Å². The molecule has 19 heavy (non-hydrogen) atoms. The maximum absolute atomic E-state index is 5.79. The van der Waals surface area contributed by atoms with Crippen LogP contribution in [0.3, 0.4) is 0 Å². The van der Waals surface area contributed by atoms with E-state index in [0.29, 0.717) is 12.3 Å². The smallest absolute Gasteiger partial charge is 0.187 e. The monoisotopic (exact) mass is 275 g/mol. The number of nitrogens with two attached hydrogens (primary N) is 1. The molecule has 1 aromatic heterocycles. The van der Waals surface area contributed by atoms with Gasteiger partial charge in [-0.3, -0.25) is 0 Å². The number of benzene rings is 1. The lowest BCUT2D eigenvalue weighted by atomic mass is 10.3. The van der Waals surface area contributed by atoms with Crippen molar-refractivity contribution in [2.24, 2.45) is 0 Å². The van der Waals surface area contributed by atoms with Crippen molar-refractivity contribution in [1.82, 2.24) is 9.97 Å². The Labute approximate surface area is 117 Å². The average Bonchev–Trinajstić information content (AvgIpc) is 2.45. The second-order valence-electron chi connectivity index (χ2n) is 3.97. The largest absolute Gasteiger partial charge is 0.491 e. The number of thioether (sulfide) groups is 1. The predicted octanol–water partition coefficient (Wildman–Crippen LogP) is 3.01. The lowest BCUT2D eigenvalue weighted by molar-refractivity contribution is 0.311. The van der Waals surface area contributed by atoms with Gasteiger partial charge in [-0.05, 0) is 31.0 Å². The molecular weight excluding hydrogens is 258 g/mol. The van der Waals surface area contributed by atoms with E-state index in [4.69, 9.17) is 10.5 Å². The van der Waals surface area contributed by atoms with Gasteiger partial charge in [0.25, 0.3) is 0 Å². The maximum Gasteiger partial charge on any atom is 0.187 e. The van der Waals surface area contributed by atoms with E-state index < -0.39 is 0 Å². The Bertz CT molecular complexity index is 493. The quantitative estimate of drug-likeness (QED) is 0.364. The molecule has 100 valence electrons. The molecule has 1 aromatic carbocycles. The van der Waals surface area contributed by atoms with Crippen molar-refractivity contribution in [3.05, 3.63) is 42.7 Å². The fourth-order valence-electron chi connectivity index (χ4n) is 1.52. The van der Waals surface area contributed by atoms with Crippen LogP contribution in [0.15, 0.2) is 47.9 Å². The Morgan fingerprint density at radius 1 is 1.05 bits per heavy atom. The number of hydrogen-bond acceptors (Lipinski definition) is 5. The molecule has 0 saturated carbocycles. The highest BCUT2D eigenvalue weighted by Crippen LogP contribution is 2.20. The molecule has 2 aromatic rings. The molecule has 5 heteroatoms. The van der Waals surface area contributed by atoms with Crippen molar-refractivity contribution < 1.29 is 4.74 Å². The van der Waals surface area contributed by atoms with Crippen LogP contribution in [-0.2, 0) is 0 Å². The first-order chi connectivity index (χ1) is 9.36. The van der Waals surface area contributed by atoms with Gasteiger partial charge >= 0.3 is 0 Å². The number of anilines is 1. The molecule has 0 radical (unpaired) electrons. The summed E-state index contributed by atoms with van der Waals surface area (Å²) in [6, 6.07) is 9.38. The summed E-state index contributed by atoms with van der Waals surface area (Å²) >= 11 is 1.67.